The van der Waals surface area contributed by atoms with E-state index in [1.54, 1.807) is 0 Å². The van der Waals surface area contributed by atoms with Crippen LogP contribution >= 0.6 is 11.8 Å². The molecule has 0 atom stereocenters. The van der Waals surface area contributed by atoms with Crippen molar-refractivity contribution in [3.8, 4) is 5.75 Å². The molecule has 0 aliphatic rings. The quantitative estimate of drug-likeness (QED) is 0.860. The van der Waals surface area contributed by atoms with Crippen LogP contribution in [-0.2, 0) is 20.7 Å². The zero-order chi connectivity index (χ0) is 14.6. The third-order valence-electron chi connectivity index (χ3n) is 2.88. The fourth-order valence-corrected chi connectivity index (χ4v) is 2.61. The van der Waals surface area contributed by atoms with Gasteiger partial charge in [-0.15, -0.1) is 11.8 Å². The second-order valence-corrected chi connectivity index (χ2v) is 6.61. The first-order valence-corrected chi connectivity index (χ1v) is 7.38. The largest absolute Gasteiger partial charge is 0.507 e. The predicted octanol–water partition coefficient (Wildman–Crippen LogP) is 3.40. The van der Waals surface area contributed by atoms with Crippen molar-refractivity contribution in [2.24, 2.45) is 0 Å². The van der Waals surface area contributed by atoms with Gasteiger partial charge in [-0.25, -0.2) is 0 Å². The lowest BCUT2D eigenvalue weighted by Gasteiger charge is -2.22. The second-order valence-electron chi connectivity index (χ2n) is 5.63. The van der Waals surface area contributed by atoms with Crippen LogP contribution in [0.2, 0.25) is 0 Å². The van der Waals surface area contributed by atoms with Gasteiger partial charge in [0.2, 0.25) is 0 Å². The number of phenols is 1. The van der Waals surface area contributed by atoms with Crippen molar-refractivity contribution >= 4 is 17.7 Å². The molecule has 0 saturated carbocycles. The van der Waals surface area contributed by atoms with Gasteiger partial charge in [0.1, 0.15) is 5.75 Å². The van der Waals surface area contributed by atoms with Gasteiger partial charge in [-0.2, -0.15) is 0 Å². The maximum atomic E-state index is 11.1. The summed E-state index contributed by atoms with van der Waals surface area (Å²) < 4.78 is 4.61. The monoisotopic (exact) mass is 282 g/mol. The molecule has 0 radical (unpaired) electrons. The second kappa shape index (κ2) is 6.33. The van der Waals surface area contributed by atoms with Crippen molar-refractivity contribution in [2.45, 2.75) is 38.9 Å². The molecule has 0 bridgehead atoms. The van der Waals surface area contributed by atoms with Crippen molar-refractivity contribution < 1.29 is 14.6 Å². The molecule has 19 heavy (non-hydrogen) atoms. The third kappa shape index (κ3) is 4.46. The van der Waals surface area contributed by atoms with E-state index in [0.29, 0.717) is 11.5 Å². The summed E-state index contributed by atoms with van der Waals surface area (Å²) in [7, 11) is 1.39. The predicted molar refractivity (Wildman–Crippen MR) is 79.7 cm³/mol. The molecule has 0 spiro atoms. The molecule has 1 aromatic rings. The lowest BCUT2D eigenvalue weighted by Crippen LogP contribution is -2.12. The number of esters is 1. The molecule has 0 aliphatic carbocycles. The van der Waals surface area contributed by atoms with Crippen LogP contribution in [0.3, 0.4) is 0 Å². The zero-order valence-corrected chi connectivity index (χ0v) is 13.1. The van der Waals surface area contributed by atoms with E-state index >= 15 is 0 Å². The highest BCUT2D eigenvalue weighted by molar-refractivity contribution is 7.99. The first-order valence-electron chi connectivity index (χ1n) is 6.23. The van der Waals surface area contributed by atoms with E-state index in [4.69, 9.17) is 0 Å². The number of aryl methyl sites for hydroxylation is 1. The van der Waals surface area contributed by atoms with Gasteiger partial charge >= 0.3 is 5.97 Å². The van der Waals surface area contributed by atoms with Crippen LogP contribution in [0, 0.1) is 6.92 Å². The molecule has 1 N–H and O–H groups in total. The Morgan fingerprint density at radius 2 is 2.00 bits per heavy atom. The number of carbonyl (C=O) groups excluding carboxylic acids is 1. The topological polar surface area (TPSA) is 46.5 Å². The van der Waals surface area contributed by atoms with Gasteiger partial charge in [-0.1, -0.05) is 32.9 Å². The van der Waals surface area contributed by atoms with Gasteiger partial charge < -0.3 is 9.84 Å². The van der Waals surface area contributed by atoms with Crippen molar-refractivity contribution in [1.29, 1.82) is 0 Å². The number of benzene rings is 1. The Balaban J connectivity index is 2.86. The molecule has 1 rings (SSSR count). The number of aromatic hydroxyl groups is 1. The lowest BCUT2D eigenvalue weighted by atomic mass is 9.84. The Bertz CT molecular complexity index is 461. The molecular formula is C15H22O3S. The Morgan fingerprint density at radius 3 is 2.53 bits per heavy atom. The number of ether oxygens (including phenoxy) is 1. The Hall–Kier alpha value is -1.16. The van der Waals surface area contributed by atoms with Gasteiger partial charge in [0.15, 0.2) is 0 Å². The fraction of sp³-hybridized carbons (Fsp3) is 0.533. The van der Waals surface area contributed by atoms with Gasteiger partial charge in [-0.05, 0) is 29.0 Å². The summed E-state index contributed by atoms with van der Waals surface area (Å²) in [4.78, 5) is 11.1. The highest BCUT2D eigenvalue weighted by Crippen LogP contribution is 2.34. The first kappa shape index (κ1) is 15.9. The molecule has 0 unspecified atom stereocenters. The number of thioether (sulfide) groups is 1. The minimum absolute atomic E-state index is 0.0993. The van der Waals surface area contributed by atoms with Crippen LogP contribution in [0.15, 0.2) is 12.1 Å². The summed E-state index contributed by atoms with van der Waals surface area (Å²) in [5.74, 6) is 1.24. The Kier molecular flexibility index (Phi) is 5.29. The first-order chi connectivity index (χ1) is 8.75. The molecule has 0 fully saturated rings. The Morgan fingerprint density at radius 1 is 1.37 bits per heavy atom. The summed E-state index contributed by atoms with van der Waals surface area (Å²) >= 11 is 1.52. The number of hydrogen-bond acceptors (Lipinski definition) is 4. The highest BCUT2D eigenvalue weighted by atomic mass is 32.2. The van der Waals surface area contributed by atoms with E-state index in [1.807, 2.05) is 19.1 Å². The van der Waals surface area contributed by atoms with Crippen molar-refractivity contribution in [3.05, 3.63) is 28.8 Å². The van der Waals surface area contributed by atoms with Gasteiger partial charge in [-0.3, -0.25) is 4.79 Å². The summed E-state index contributed by atoms with van der Waals surface area (Å²) in [6.45, 7) is 8.13. The van der Waals surface area contributed by atoms with Crippen molar-refractivity contribution in [3.63, 3.8) is 0 Å². The number of hydrogen-bond donors (Lipinski definition) is 1. The fourth-order valence-electron chi connectivity index (χ4n) is 1.82. The van der Waals surface area contributed by atoms with Gasteiger partial charge in [0.25, 0.3) is 0 Å². The SMILES string of the molecule is COC(=O)CSCc1cc(C)c(O)c(C(C)(C)C)c1. The minimum Gasteiger partial charge on any atom is -0.507 e. The molecule has 106 valence electrons. The molecule has 0 aliphatic heterocycles. The van der Waals surface area contributed by atoms with Crippen LogP contribution in [0.5, 0.6) is 5.75 Å². The van der Waals surface area contributed by atoms with Crippen LogP contribution in [0.25, 0.3) is 0 Å². The molecule has 0 saturated heterocycles. The summed E-state index contributed by atoms with van der Waals surface area (Å²) in [6, 6.07) is 3.99. The third-order valence-corrected chi connectivity index (χ3v) is 3.86. The van der Waals surface area contributed by atoms with Crippen LogP contribution in [-0.4, -0.2) is 23.9 Å². The molecule has 4 heteroatoms. The summed E-state index contributed by atoms with van der Waals surface area (Å²) in [5.41, 5.74) is 2.84. The molecule has 3 nitrogen and oxygen atoms in total. The zero-order valence-electron chi connectivity index (χ0n) is 12.2. The standard InChI is InChI=1S/C15H22O3S/c1-10-6-11(8-19-9-13(16)18-5)7-12(14(10)17)15(2,3)4/h6-7,17H,8-9H2,1-5H3. The van der Waals surface area contributed by atoms with Gasteiger partial charge in [0, 0.05) is 5.75 Å². The van der Waals surface area contributed by atoms with Crippen LogP contribution in [0.4, 0.5) is 0 Å². The molecule has 0 amide bonds. The number of methoxy groups -OCH3 is 1. The average molecular weight is 282 g/mol. The van der Waals surface area contributed by atoms with E-state index in [9.17, 15) is 9.90 Å². The van der Waals surface area contributed by atoms with Gasteiger partial charge in [0.05, 0.1) is 12.9 Å². The normalized spacial score (nSPS) is 11.4. The van der Waals surface area contributed by atoms with Crippen LogP contribution < -0.4 is 0 Å². The van der Waals surface area contributed by atoms with E-state index in [0.717, 1.165) is 22.4 Å². The van der Waals surface area contributed by atoms with E-state index in [1.165, 1.54) is 18.9 Å². The van der Waals surface area contributed by atoms with Crippen molar-refractivity contribution in [2.75, 3.05) is 12.9 Å². The maximum absolute atomic E-state index is 11.1. The number of phenolic OH excluding ortho intramolecular Hbond substituents is 1. The molecule has 0 aromatic heterocycles. The van der Waals surface area contributed by atoms with Crippen molar-refractivity contribution in [1.82, 2.24) is 0 Å². The molecule has 1 aromatic carbocycles. The lowest BCUT2D eigenvalue weighted by molar-refractivity contribution is -0.137. The highest BCUT2D eigenvalue weighted by Gasteiger charge is 2.20. The molecular weight excluding hydrogens is 260 g/mol. The van der Waals surface area contributed by atoms with Crippen LogP contribution in [0.1, 0.15) is 37.5 Å². The van der Waals surface area contributed by atoms with E-state index in [2.05, 4.69) is 25.5 Å². The number of rotatable bonds is 4. The van der Waals surface area contributed by atoms with E-state index in [-0.39, 0.29) is 11.4 Å². The average Bonchev–Trinajstić information content (AvgIpc) is 2.31. The van der Waals surface area contributed by atoms with E-state index < -0.39 is 0 Å². The smallest absolute Gasteiger partial charge is 0.315 e. The Labute approximate surface area is 119 Å². The maximum Gasteiger partial charge on any atom is 0.315 e. The number of carbonyl (C=O) groups is 1. The summed E-state index contributed by atoms with van der Waals surface area (Å²) in [6.07, 6.45) is 0. The minimum atomic E-state index is -0.212. The molecule has 0 heterocycles. The summed E-state index contributed by atoms with van der Waals surface area (Å²) in [5, 5.41) is 10.1.